The van der Waals surface area contributed by atoms with Gasteiger partial charge in [0.05, 0.1) is 28.5 Å². The van der Waals surface area contributed by atoms with Crippen LogP contribution in [0.2, 0.25) is 4.34 Å². The maximum atomic E-state index is 12.1. The van der Waals surface area contributed by atoms with Crippen molar-refractivity contribution < 1.29 is 15.0 Å². The molecule has 4 nitrogen and oxygen atoms in total. The lowest BCUT2D eigenvalue weighted by Gasteiger charge is -2.26. The Kier molecular flexibility index (Phi) is 6.08. The van der Waals surface area contributed by atoms with Crippen molar-refractivity contribution in [2.24, 2.45) is 0 Å². The summed E-state index contributed by atoms with van der Waals surface area (Å²) < 4.78 is 0.580. The van der Waals surface area contributed by atoms with E-state index in [0.717, 1.165) is 0 Å². The highest BCUT2D eigenvalue weighted by Crippen LogP contribution is 2.23. The maximum Gasteiger partial charge on any atom is 0.189 e. The predicted octanol–water partition coefficient (Wildman–Crippen LogP) is 1.26. The van der Waals surface area contributed by atoms with Crippen LogP contribution in [0.15, 0.2) is 12.1 Å². The first-order chi connectivity index (χ1) is 8.10. The second-order valence-corrected chi connectivity index (χ2v) is 5.34. The number of halogens is 1. The van der Waals surface area contributed by atoms with Crippen molar-refractivity contribution >= 4 is 28.7 Å². The number of nitrogens with zero attached hydrogens (tertiary/aromatic N) is 1. The molecule has 96 valence electrons. The molecule has 0 radical (unpaired) electrons. The molecule has 1 aromatic rings. The Morgan fingerprint density at radius 1 is 1.41 bits per heavy atom. The number of aliphatic hydroxyl groups excluding tert-OH is 2. The summed E-state index contributed by atoms with van der Waals surface area (Å²) in [6, 6.07) is 3.01. The molecule has 0 spiro atoms. The number of thiophene rings is 1. The number of hydrogen-bond donors (Lipinski definition) is 2. The van der Waals surface area contributed by atoms with E-state index < -0.39 is 0 Å². The van der Waals surface area contributed by atoms with Gasteiger partial charge < -0.3 is 10.2 Å². The lowest BCUT2D eigenvalue weighted by molar-refractivity contribution is 0.0773. The van der Waals surface area contributed by atoms with Crippen molar-refractivity contribution in [1.82, 2.24) is 4.90 Å². The SMILES string of the molecule is CC(C(=O)c1ccc(Cl)s1)N(CCO)CCO. The summed E-state index contributed by atoms with van der Waals surface area (Å²) >= 11 is 7.03. The van der Waals surface area contributed by atoms with E-state index in [2.05, 4.69) is 0 Å². The first-order valence-corrected chi connectivity index (χ1v) is 6.55. The Morgan fingerprint density at radius 2 is 2.00 bits per heavy atom. The summed E-state index contributed by atoms with van der Waals surface area (Å²) in [6.45, 7) is 2.42. The summed E-state index contributed by atoms with van der Waals surface area (Å²) in [5.74, 6) is -0.0381. The zero-order chi connectivity index (χ0) is 12.8. The Bertz CT molecular complexity index is 363. The topological polar surface area (TPSA) is 60.8 Å². The van der Waals surface area contributed by atoms with Crippen LogP contribution in [0.25, 0.3) is 0 Å². The van der Waals surface area contributed by atoms with Gasteiger partial charge in [0.2, 0.25) is 0 Å². The van der Waals surface area contributed by atoms with Gasteiger partial charge in [-0.15, -0.1) is 11.3 Å². The Hall–Kier alpha value is -0.460. The average Bonchev–Trinajstić information content (AvgIpc) is 2.73. The van der Waals surface area contributed by atoms with E-state index >= 15 is 0 Å². The average molecular weight is 278 g/mol. The summed E-state index contributed by atoms with van der Waals surface area (Å²) in [6.07, 6.45) is 0. The fourth-order valence-corrected chi connectivity index (χ4v) is 2.64. The zero-order valence-corrected chi connectivity index (χ0v) is 11.2. The highest BCUT2D eigenvalue weighted by molar-refractivity contribution is 7.18. The van der Waals surface area contributed by atoms with Crippen molar-refractivity contribution in [2.45, 2.75) is 13.0 Å². The first-order valence-electron chi connectivity index (χ1n) is 5.35. The molecule has 0 aliphatic heterocycles. The van der Waals surface area contributed by atoms with E-state index in [-0.39, 0.29) is 25.0 Å². The molecule has 0 saturated carbocycles. The maximum absolute atomic E-state index is 12.1. The van der Waals surface area contributed by atoms with Crippen LogP contribution in [-0.2, 0) is 0 Å². The molecule has 0 bridgehead atoms. The van der Waals surface area contributed by atoms with E-state index in [1.165, 1.54) is 11.3 Å². The van der Waals surface area contributed by atoms with Crippen molar-refractivity contribution in [3.8, 4) is 0 Å². The molecular weight excluding hydrogens is 262 g/mol. The zero-order valence-electron chi connectivity index (χ0n) is 9.60. The van der Waals surface area contributed by atoms with Crippen LogP contribution in [0.3, 0.4) is 0 Å². The number of aliphatic hydroxyl groups is 2. The third-order valence-corrected chi connectivity index (χ3v) is 3.76. The molecule has 1 rings (SSSR count). The molecular formula is C11H16ClNO3S. The Labute approximate surface area is 109 Å². The summed E-state index contributed by atoms with van der Waals surface area (Å²) in [7, 11) is 0. The molecule has 6 heteroatoms. The second-order valence-electron chi connectivity index (χ2n) is 3.63. The smallest absolute Gasteiger partial charge is 0.189 e. The first kappa shape index (κ1) is 14.6. The molecule has 0 aliphatic rings. The normalized spacial score (nSPS) is 13.0. The third kappa shape index (κ3) is 4.04. The molecule has 0 aliphatic carbocycles. The van der Waals surface area contributed by atoms with Gasteiger partial charge in [0, 0.05) is 13.1 Å². The molecule has 1 aromatic heterocycles. The molecule has 0 fully saturated rings. The predicted molar refractivity (Wildman–Crippen MR) is 68.9 cm³/mol. The van der Waals surface area contributed by atoms with Crippen LogP contribution >= 0.6 is 22.9 Å². The van der Waals surface area contributed by atoms with Gasteiger partial charge in [-0.2, -0.15) is 0 Å². The minimum absolute atomic E-state index is 0.0381. The fourth-order valence-electron chi connectivity index (χ4n) is 1.57. The van der Waals surface area contributed by atoms with Crippen LogP contribution in [0.5, 0.6) is 0 Å². The summed E-state index contributed by atoms with van der Waals surface area (Å²) in [4.78, 5) is 14.4. The lowest BCUT2D eigenvalue weighted by atomic mass is 10.1. The molecule has 2 N–H and O–H groups in total. The van der Waals surface area contributed by atoms with Crippen molar-refractivity contribution in [2.75, 3.05) is 26.3 Å². The second kappa shape index (κ2) is 7.08. The highest BCUT2D eigenvalue weighted by atomic mass is 35.5. The molecule has 0 aromatic carbocycles. The van der Waals surface area contributed by atoms with Gasteiger partial charge in [-0.25, -0.2) is 0 Å². The fraction of sp³-hybridized carbons (Fsp3) is 0.545. The Balaban J connectivity index is 2.72. The van der Waals surface area contributed by atoms with Crippen LogP contribution in [-0.4, -0.2) is 53.2 Å². The molecule has 17 heavy (non-hydrogen) atoms. The van der Waals surface area contributed by atoms with E-state index in [1.807, 2.05) is 0 Å². The number of carbonyl (C=O) groups is 1. The number of hydrogen-bond acceptors (Lipinski definition) is 5. The van der Waals surface area contributed by atoms with Crippen LogP contribution in [0.4, 0.5) is 0 Å². The van der Waals surface area contributed by atoms with Crippen molar-refractivity contribution in [1.29, 1.82) is 0 Å². The quantitative estimate of drug-likeness (QED) is 0.737. The third-order valence-electron chi connectivity index (χ3n) is 2.52. The van der Waals surface area contributed by atoms with Crippen molar-refractivity contribution in [3.05, 3.63) is 21.3 Å². The number of Topliss-reactive ketones (excluding diaryl/α,β-unsaturated/α-hetero) is 1. The molecule has 0 amide bonds. The highest BCUT2D eigenvalue weighted by Gasteiger charge is 2.22. The van der Waals surface area contributed by atoms with Gasteiger partial charge in [0.25, 0.3) is 0 Å². The van der Waals surface area contributed by atoms with Gasteiger partial charge >= 0.3 is 0 Å². The van der Waals surface area contributed by atoms with Gasteiger partial charge in [0.1, 0.15) is 0 Å². The number of rotatable bonds is 7. The summed E-state index contributed by atoms with van der Waals surface area (Å²) in [5, 5.41) is 17.8. The molecule has 1 atom stereocenters. The van der Waals surface area contributed by atoms with Crippen LogP contribution < -0.4 is 0 Å². The van der Waals surface area contributed by atoms with Crippen LogP contribution in [0.1, 0.15) is 16.6 Å². The standard InChI is InChI=1S/C11H16ClNO3S/c1-8(13(4-6-14)5-7-15)11(16)9-2-3-10(12)17-9/h2-3,8,14-15H,4-7H2,1H3. The van der Waals surface area contributed by atoms with Gasteiger partial charge in [-0.1, -0.05) is 11.6 Å². The van der Waals surface area contributed by atoms with Crippen LogP contribution in [0, 0.1) is 0 Å². The monoisotopic (exact) mass is 277 g/mol. The van der Waals surface area contributed by atoms with Gasteiger partial charge in [0.15, 0.2) is 5.78 Å². The molecule has 1 heterocycles. The van der Waals surface area contributed by atoms with E-state index in [4.69, 9.17) is 21.8 Å². The van der Waals surface area contributed by atoms with Gasteiger partial charge in [-0.05, 0) is 19.1 Å². The number of carbonyl (C=O) groups excluding carboxylic acids is 1. The summed E-state index contributed by atoms with van der Waals surface area (Å²) in [5.41, 5.74) is 0. The largest absolute Gasteiger partial charge is 0.395 e. The Morgan fingerprint density at radius 3 is 2.41 bits per heavy atom. The van der Waals surface area contributed by atoms with E-state index in [9.17, 15) is 4.79 Å². The molecule has 1 unspecified atom stereocenters. The van der Waals surface area contributed by atoms with Crippen molar-refractivity contribution in [3.63, 3.8) is 0 Å². The van der Waals surface area contributed by atoms with E-state index in [1.54, 1.807) is 24.0 Å². The minimum Gasteiger partial charge on any atom is -0.395 e. The van der Waals surface area contributed by atoms with Gasteiger partial charge in [-0.3, -0.25) is 9.69 Å². The number of ketones is 1. The van der Waals surface area contributed by atoms with E-state index in [0.29, 0.717) is 22.3 Å². The minimum atomic E-state index is -0.371. The molecule has 0 saturated heterocycles. The lowest BCUT2D eigenvalue weighted by Crippen LogP contribution is -2.42.